The second-order valence-electron chi connectivity index (χ2n) is 4.52. The molecule has 1 aromatic heterocycles. The summed E-state index contributed by atoms with van der Waals surface area (Å²) >= 11 is 1.22. The fourth-order valence-electron chi connectivity index (χ4n) is 1.78. The lowest BCUT2D eigenvalue weighted by Gasteiger charge is -2.06. The quantitative estimate of drug-likeness (QED) is 0.910. The summed E-state index contributed by atoms with van der Waals surface area (Å²) in [6.07, 6.45) is 0. The van der Waals surface area contributed by atoms with Crippen molar-refractivity contribution in [2.75, 3.05) is 0 Å². The molecule has 94 valence electrons. The third-order valence-electron chi connectivity index (χ3n) is 2.82. The molecule has 2 rings (SSSR count). The van der Waals surface area contributed by atoms with Crippen LogP contribution in [0.25, 0.3) is 10.4 Å². The van der Waals surface area contributed by atoms with E-state index in [9.17, 15) is 4.79 Å². The van der Waals surface area contributed by atoms with E-state index >= 15 is 0 Å². The van der Waals surface area contributed by atoms with Gasteiger partial charge in [0.2, 0.25) is 5.01 Å². The first-order valence-electron chi connectivity index (χ1n) is 5.80. The maximum absolute atomic E-state index is 10.9. The second-order valence-corrected chi connectivity index (χ2v) is 5.51. The molecule has 1 N–H and O–H groups in total. The van der Waals surface area contributed by atoms with Gasteiger partial charge < -0.3 is 5.11 Å². The van der Waals surface area contributed by atoms with Gasteiger partial charge in [0.05, 0.1) is 10.6 Å². The van der Waals surface area contributed by atoms with E-state index in [0.717, 1.165) is 16.1 Å². The van der Waals surface area contributed by atoms with E-state index in [1.165, 1.54) is 16.9 Å². The summed E-state index contributed by atoms with van der Waals surface area (Å²) in [4.78, 5) is 15.9. The van der Waals surface area contributed by atoms with Crippen LogP contribution < -0.4 is 0 Å². The number of hydrogen-bond acceptors (Lipinski definition) is 3. The molecule has 0 fully saturated rings. The first-order valence-corrected chi connectivity index (χ1v) is 6.61. The van der Waals surface area contributed by atoms with Gasteiger partial charge in [0.1, 0.15) is 0 Å². The number of aryl methyl sites for hydroxylation is 1. The van der Waals surface area contributed by atoms with E-state index in [1.807, 2.05) is 19.1 Å². The fourth-order valence-corrected chi connectivity index (χ4v) is 2.69. The predicted molar refractivity (Wildman–Crippen MR) is 73.3 cm³/mol. The molecule has 4 heteroatoms. The first-order chi connectivity index (χ1) is 8.49. The van der Waals surface area contributed by atoms with Crippen LogP contribution in [-0.2, 0) is 0 Å². The minimum absolute atomic E-state index is 0.149. The summed E-state index contributed by atoms with van der Waals surface area (Å²) in [6.45, 7) is 6.14. The number of rotatable bonds is 3. The van der Waals surface area contributed by atoms with Crippen LogP contribution in [0.2, 0.25) is 0 Å². The standard InChI is InChI=1S/C14H15NO2S/c1-8(2)10-4-6-11(7-5-10)12-9(3)15-13(18-12)14(16)17/h4-8H,1-3H3,(H,16,17). The number of aromatic nitrogens is 1. The molecule has 1 heterocycles. The number of aromatic carboxylic acids is 1. The van der Waals surface area contributed by atoms with Gasteiger partial charge in [-0.15, -0.1) is 11.3 Å². The van der Waals surface area contributed by atoms with E-state index in [4.69, 9.17) is 5.11 Å². The number of carboxylic acid groups (broad SMARTS) is 1. The van der Waals surface area contributed by atoms with Crippen LogP contribution in [-0.4, -0.2) is 16.1 Å². The SMILES string of the molecule is Cc1nc(C(=O)O)sc1-c1ccc(C(C)C)cc1. The molecule has 3 nitrogen and oxygen atoms in total. The highest BCUT2D eigenvalue weighted by Gasteiger charge is 2.14. The summed E-state index contributed by atoms with van der Waals surface area (Å²) in [5.74, 6) is -0.468. The number of benzene rings is 1. The predicted octanol–water partition coefficient (Wildman–Crippen LogP) is 3.94. The fraction of sp³-hybridized carbons (Fsp3) is 0.286. The molecular weight excluding hydrogens is 246 g/mol. The van der Waals surface area contributed by atoms with Crippen molar-refractivity contribution in [3.63, 3.8) is 0 Å². The Morgan fingerprint density at radius 3 is 2.33 bits per heavy atom. The number of nitrogens with zero attached hydrogens (tertiary/aromatic N) is 1. The zero-order valence-electron chi connectivity index (χ0n) is 10.6. The summed E-state index contributed by atoms with van der Waals surface area (Å²) in [5, 5.41) is 9.08. The maximum atomic E-state index is 10.9. The lowest BCUT2D eigenvalue weighted by Crippen LogP contribution is -1.93. The molecule has 0 aliphatic carbocycles. The van der Waals surface area contributed by atoms with Gasteiger partial charge in [0.25, 0.3) is 0 Å². The second kappa shape index (κ2) is 4.90. The van der Waals surface area contributed by atoms with Gasteiger partial charge in [-0.2, -0.15) is 0 Å². The Labute approximate surface area is 110 Å². The Bertz CT molecular complexity index is 570. The molecule has 1 aromatic carbocycles. The molecule has 0 unspecified atom stereocenters. The van der Waals surface area contributed by atoms with Crippen molar-refractivity contribution in [1.82, 2.24) is 4.98 Å². The van der Waals surface area contributed by atoms with Crippen LogP contribution in [0.15, 0.2) is 24.3 Å². The minimum atomic E-state index is -0.965. The van der Waals surface area contributed by atoms with E-state index in [2.05, 4.69) is 31.0 Å². The van der Waals surface area contributed by atoms with Gasteiger partial charge in [-0.05, 0) is 24.0 Å². The Kier molecular flexibility index (Phi) is 3.48. The van der Waals surface area contributed by atoms with E-state index in [0.29, 0.717) is 5.92 Å². The number of carboxylic acids is 1. The normalized spacial score (nSPS) is 10.9. The molecule has 0 bridgehead atoms. The first kappa shape index (κ1) is 12.8. The lowest BCUT2D eigenvalue weighted by atomic mass is 10.0. The number of carbonyl (C=O) groups is 1. The molecule has 0 amide bonds. The van der Waals surface area contributed by atoms with E-state index < -0.39 is 5.97 Å². The summed E-state index contributed by atoms with van der Waals surface area (Å²) in [7, 11) is 0. The highest BCUT2D eigenvalue weighted by molar-refractivity contribution is 7.17. The minimum Gasteiger partial charge on any atom is -0.476 e. The molecule has 0 saturated carbocycles. The van der Waals surface area contributed by atoms with Crippen molar-refractivity contribution >= 4 is 17.3 Å². The number of thiazole rings is 1. The molecule has 0 saturated heterocycles. The molecule has 18 heavy (non-hydrogen) atoms. The molecule has 0 spiro atoms. The highest BCUT2D eigenvalue weighted by Crippen LogP contribution is 2.30. The molecule has 0 aliphatic heterocycles. The van der Waals surface area contributed by atoms with Crippen molar-refractivity contribution in [2.24, 2.45) is 0 Å². The van der Waals surface area contributed by atoms with Crippen molar-refractivity contribution in [3.05, 3.63) is 40.5 Å². The van der Waals surface area contributed by atoms with Crippen LogP contribution in [0.5, 0.6) is 0 Å². The molecule has 0 radical (unpaired) electrons. The summed E-state index contributed by atoms with van der Waals surface area (Å²) in [5.41, 5.74) is 3.08. The van der Waals surface area contributed by atoms with Gasteiger partial charge in [0, 0.05) is 0 Å². The maximum Gasteiger partial charge on any atom is 0.365 e. The topological polar surface area (TPSA) is 50.2 Å². The Morgan fingerprint density at radius 2 is 1.89 bits per heavy atom. The van der Waals surface area contributed by atoms with Gasteiger partial charge in [0.15, 0.2) is 0 Å². The van der Waals surface area contributed by atoms with Crippen LogP contribution in [0.4, 0.5) is 0 Å². The third kappa shape index (κ3) is 2.43. The van der Waals surface area contributed by atoms with Crippen LogP contribution >= 0.6 is 11.3 Å². The average molecular weight is 261 g/mol. The number of hydrogen-bond donors (Lipinski definition) is 1. The van der Waals surface area contributed by atoms with Crippen molar-refractivity contribution in [2.45, 2.75) is 26.7 Å². The lowest BCUT2D eigenvalue weighted by molar-refractivity contribution is 0.0696. The molecular formula is C14H15NO2S. The van der Waals surface area contributed by atoms with Crippen LogP contribution in [0.3, 0.4) is 0 Å². The third-order valence-corrected chi connectivity index (χ3v) is 4.01. The largest absolute Gasteiger partial charge is 0.476 e. The Hall–Kier alpha value is -1.68. The average Bonchev–Trinajstić information content (AvgIpc) is 2.71. The van der Waals surface area contributed by atoms with Crippen molar-refractivity contribution in [1.29, 1.82) is 0 Å². The van der Waals surface area contributed by atoms with Gasteiger partial charge in [-0.3, -0.25) is 0 Å². The van der Waals surface area contributed by atoms with Gasteiger partial charge in [-0.25, -0.2) is 9.78 Å². The molecule has 0 aliphatic rings. The zero-order valence-corrected chi connectivity index (χ0v) is 11.4. The Morgan fingerprint density at radius 1 is 1.28 bits per heavy atom. The Balaban J connectivity index is 2.39. The highest BCUT2D eigenvalue weighted by atomic mass is 32.1. The zero-order chi connectivity index (χ0) is 13.3. The molecule has 0 atom stereocenters. The van der Waals surface area contributed by atoms with Crippen LogP contribution in [0, 0.1) is 6.92 Å². The van der Waals surface area contributed by atoms with Crippen molar-refractivity contribution in [3.8, 4) is 10.4 Å². The summed E-state index contributed by atoms with van der Waals surface area (Å²) < 4.78 is 0. The molecule has 2 aromatic rings. The van der Waals surface area contributed by atoms with Gasteiger partial charge in [-0.1, -0.05) is 38.1 Å². The summed E-state index contributed by atoms with van der Waals surface area (Å²) in [6, 6.07) is 8.22. The van der Waals surface area contributed by atoms with E-state index in [-0.39, 0.29) is 5.01 Å². The van der Waals surface area contributed by atoms with E-state index in [1.54, 1.807) is 0 Å². The van der Waals surface area contributed by atoms with Crippen LogP contribution in [0.1, 0.15) is 40.8 Å². The van der Waals surface area contributed by atoms with Gasteiger partial charge >= 0.3 is 5.97 Å². The smallest absolute Gasteiger partial charge is 0.365 e. The monoisotopic (exact) mass is 261 g/mol. The van der Waals surface area contributed by atoms with Crippen molar-refractivity contribution < 1.29 is 9.90 Å².